The molecule has 31 heavy (non-hydrogen) atoms. The zero-order valence-electron chi connectivity index (χ0n) is 17.7. The number of aromatic nitrogens is 5. The van der Waals surface area contributed by atoms with Gasteiger partial charge in [-0.1, -0.05) is 0 Å². The van der Waals surface area contributed by atoms with Crippen molar-refractivity contribution >= 4 is 29.5 Å². The molecule has 10 heteroatoms. The summed E-state index contributed by atoms with van der Waals surface area (Å²) < 4.78 is 7.52. The maximum atomic E-state index is 8.13. The van der Waals surface area contributed by atoms with Crippen LogP contribution < -0.4 is 15.1 Å². The summed E-state index contributed by atoms with van der Waals surface area (Å²) in [6.07, 6.45) is 4.92. The predicted molar refractivity (Wildman–Crippen MR) is 120 cm³/mol. The number of aryl methyl sites for hydroxylation is 1. The summed E-state index contributed by atoms with van der Waals surface area (Å²) >= 11 is 0. The molecule has 2 aliphatic rings. The first-order valence-corrected chi connectivity index (χ1v) is 10.5. The van der Waals surface area contributed by atoms with Gasteiger partial charge >= 0.3 is 0 Å². The quantitative estimate of drug-likeness (QED) is 0.523. The molecular weight excluding hydrogens is 394 g/mol. The number of pyridine rings is 1. The lowest BCUT2D eigenvalue weighted by Crippen LogP contribution is -2.47. The van der Waals surface area contributed by atoms with Crippen molar-refractivity contribution in [2.24, 2.45) is 7.05 Å². The Bertz CT molecular complexity index is 1050. The van der Waals surface area contributed by atoms with E-state index in [2.05, 4.69) is 43.4 Å². The predicted octanol–water partition coefficient (Wildman–Crippen LogP) is 2.11. The zero-order valence-corrected chi connectivity index (χ0v) is 17.7. The van der Waals surface area contributed by atoms with Gasteiger partial charge in [-0.3, -0.25) is 9.78 Å². The highest BCUT2D eigenvalue weighted by Crippen LogP contribution is 2.37. The van der Waals surface area contributed by atoms with Gasteiger partial charge in [0.05, 0.1) is 31.6 Å². The van der Waals surface area contributed by atoms with Crippen LogP contribution in [0.5, 0.6) is 0 Å². The van der Waals surface area contributed by atoms with Crippen LogP contribution in [0.1, 0.15) is 24.0 Å². The average molecular weight is 422 g/mol. The smallest absolute Gasteiger partial charge is 0.143 e. The van der Waals surface area contributed by atoms with Gasteiger partial charge in [0.1, 0.15) is 23.3 Å². The largest absolute Gasteiger partial charge is 0.377 e. The summed E-state index contributed by atoms with van der Waals surface area (Å²) in [6.45, 7) is 6.09. The van der Waals surface area contributed by atoms with Crippen molar-refractivity contribution in [2.45, 2.75) is 18.9 Å². The van der Waals surface area contributed by atoms with E-state index in [9.17, 15) is 0 Å². The number of hydrogen-bond donors (Lipinski definition) is 3. The molecule has 5 rings (SSSR count). The second-order valence-electron chi connectivity index (χ2n) is 8.10. The van der Waals surface area contributed by atoms with E-state index in [1.165, 1.54) is 6.21 Å². The van der Waals surface area contributed by atoms with Gasteiger partial charge in [0.25, 0.3) is 0 Å². The molecule has 0 radical (unpaired) electrons. The number of ether oxygens (including phenoxy) is 1. The summed E-state index contributed by atoms with van der Waals surface area (Å²) in [5.41, 5.74) is 1.95. The Morgan fingerprint density at radius 2 is 2.16 bits per heavy atom. The van der Waals surface area contributed by atoms with Crippen molar-refractivity contribution in [2.75, 3.05) is 48.0 Å². The molecule has 3 aromatic rings. The van der Waals surface area contributed by atoms with Gasteiger partial charge in [-0.25, -0.2) is 4.98 Å². The highest BCUT2D eigenvalue weighted by Gasteiger charge is 2.33. The Hall–Kier alpha value is -3.40. The minimum Gasteiger partial charge on any atom is -0.377 e. The standard InChI is InChI=1S/C21H27N9O/c1-14-13-31-8-7-30(14)19-9-16(15-11-29(12-15)20-4-6-24-28(20)2)17(10-22)21(26-19)25-18-3-5-23-27-18/h3-6,9-10,14-15,22H,7-8,11-13H2,1-2H3,(H2,23,25,26,27)/t14-/m1/s1. The molecule has 5 heterocycles. The first kappa shape index (κ1) is 19.6. The molecule has 0 saturated carbocycles. The monoisotopic (exact) mass is 421 g/mol. The lowest BCUT2D eigenvalue weighted by atomic mass is 9.88. The third-order valence-corrected chi connectivity index (χ3v) is 6.08. The average Bonchev–Trinajstić information content (AvgIpc) is 3.39. The van der Waals surface area contributed by atoms with Gasteiger partial charge in [0, 0.05) is 56.5 Å². The van der Waals surface area contributed by atoms with E-state index < -0.39 is 0 Å². The van der Waals surface area contributed by atoms with Crippen LogP contribution in [0.2, 0.25) is 0 Å². The van der Waals surface area contributed by atoms with Crippen molar-refractivity contribution in [3.63, 3.8) is 0 Å². The molecule has 2 aliphatic heterocycles. The lowest BCUT2D eigenvalue weighted by Gasteiger charge is -2.42. The van der Waals surface area contributed by atoms with Crippen LogP contribution in [-0.2, 0) is 11.8 Å². The second kappa shape index (κ2) is 8.03. The van der Waals surface area contributed by atoms with Gasteiger partial charge in [-0.05, 0) is 18.6 Å². The van der Waals surface area contributed by atoms with Gasteiger partial charge in [0.2, 0.25) is 0 Å². The number of H-pyrrole nitrogens is 1. The molecule has 3 aromatic heterocycles. The fourth-order valence-corrected chi connectivity index (χ4v) is 4.35. The summed E-state index contributed by atoms with van der Waals surface area (Å²) in [6, 6.07) is 6.29. The van der Waals surface area contributed by atoms with E-state index in [4.69, 9.17) is 15.1 Å². The molecule has 162 valence electrons. The lowest BCUT2D eigenvalue weighted by molar-refractivity contribution is 0.0985. The van der Waals surface area contributed by atoms with Crippen molar-refractivity contribution in [3.05, 3.63) is 41.7 Å². The van der Waals surface area contributed by atoms with Gasteiger partial charge in [-0.2, -0.15) is 10.2 Å². The third kappa shape index (κ3) is 3.63. The SMILES string of the molecule is C[C@@H]1COCCN1c1cc(C2CN(c3ccnn3C)C2)c(C=N)c(Nc2ccn[nH]2)n1. The van der Waals surface area contributed by atoms with Crippen LogP contribution in [0.3, 0.4) is 0 Å². The minimum absolute atomic E-state index is 0.243. The zero-order chi connectivity index (χ0) is 21.4. The molecule has 0 bridgehead atoms. The molecule has 3 N–H and O–H groups in total. The molecule has 0 unspecified atom stereocenters. The molecule has 2 saturated heterocycles. The number of rotatable bonds is 6. The summed E-state index contributed by atoms with van der Waals surface area (Å²) in [4.78, 5) is 9.51. The van der Waals surface area contributed by atoms with Crippen LogP contribution in [0.4, 0.5) is 23.3 Å². The molecule has 1 atom stereocenters. The van der Waals surface area contributed by atoms with Crippen LogP contribution in [0.25, 0.3) is 0 Å². The Morgan fingerprint density at radius 1 is 1.29 bits per heavy atom. The first-order chi connectivity index (χ1) is 15.1. The van der Waals surface area contributed by atoms with Crippen LogP contribution in [0, 0.1) is 5.41 Å². The van der Waals surface area contributed by atoms with E-state index in [0.29, 0.717) is 24.9 Å². The van der Waals surface area contributed by atoms with Crippen molar-refractivity contribution < 1.29 is 4.74 Å². The fraction of sp³-hybridized carbons (Fsp3) is 0.429. The number of nitrogens with zero attached hydrogens (tertiary/aromatic N) is 6. The second-order valence-corrected chi connectivity index (χ2v) is 8.10. The van der Waals surface area contributed by atoms with Crippen LogP contribution >= 0.6 is 0 Å². The maximum Gasteiger partial charge on any atom is 0.143 e. The molecule has 0 aromatic carbocycles. The summed E-state index contributed by atoms with van der Waals surface area (Å²) in [5, 5.41) is 22.7. The molecule has 10 nitrogen and oxygen atoms in total. The normalized spacial score (nSPS) is 19.4. The van der Waals surface area contributed by atoms with E-state index in [1.807, 2.05) is 30.1 Å². The Labute approximate surface area is 180 Å². The highest BCUT2D eigenvalue weighted by atomic mass is 16.5. The van der Waals surface area contributed by atoms with Crippen molar-refractivity contribution in [1.29, 1.82) is 5.41 Å². The number of aromatic amines is 1. The number of nitrogens with one attached hydrogen (secondary N) is 3. The van der Waals surface area contributed by atoms with E-state index in [1.54, 1.807) is 6.20 Å². The molecule has 2 fully saturated rings. The number of anilines is 4. The molecule has 0 amide bonds. The van der Waals surface area contributed by atoms with Gasteiger partial charge in [0.15, 0.2) is 0 Å². The van der Waals surface area contributed by atoms with Crippen LogP contribution in [-0.4, -0.2) is 70.1 Å². The number of morpholine rings is 1. The van der Waals surface area contributed by atoms with Crippen LogP contribution in [0.15, 0.2) is 30.6 Å². The highest BCUT2D eigenvalue weighted by molar-refractivity contribution is 5.89. The molecule has 0 aliphatic carbocycles. The van der Waals surface area contributed by atoms with E-state index in [0.717, 1.165) is 48.2 Å². The van der Waals surface area contributed by atoms with Gasteiger partial charge in [-0.15, -0.1) is 0 Å². The van der Waals surface area contributed by atoms with E-state index >= 15 is 0 Å². The Kier molecular flexibility index (Phi) is 5.06. The Morgan fingerprint density at radius 3 is 2.84 bits per heavy atom. The van der Waals surface area contributed by atoms with Crippen molar-refractivity contribution in [1.82, 2.24) is 25.0 Å². The van der Waals surface area contributed by atoms with Crippen molar-refractivity contribution in [3.8, 4) is 0 Å². The maximum absolute atomic E-state index is 8.13. The number of hydrogen-bond acceptors (Lipinski definition) is 8. The van der Waals surface area contributed by atoms with E-state index in [-0.39, 0.29) is 6.04 Å². The molecule has 0 spiro atoms. The van der Waals surface area contributed by atoms with Gasteiger partial charge < -0.3 is 25.3 Å². The topological polar surface area (TPSA) is 111 Å². The molecular formula is C21H27N9O. The Balaban J connectivity index is 1.50. The first-order valence-electron chi connectivity index (χ1n) is 10.5. The summed E-state index contributed by atoms with van der Waals surface area (Å²) in [5.74, 6) is 3.76. The minimum atomic E-state index is 0.243. The fourth-order valence-electron chi connectivity index (χ4n) is 4.35. The summed E-state index contributed by atoms with van der Waals surface area (Å²) in [7, 11) is 1.96. The third-order valence-electron chi connectivity index (χ3n) is 6.08.